The van der Waals surface area contributed by atoms with Crippen LogP contribution in [0.25, 0.3) is 0 Å². The Labute approximate surface area is 145 Å². The molecule has 5 nitrogen and oxygen atoms in total. The lowest BCUT2D eigenvalue weighted by Crippen LogP contribution is -2.40. The molecular weight excluding hydrogens is 314 g/mol. The maximum atomic E-state index is 12.5. The molecule has 0 atom stereocenters. The molecule has 0 bridgehead atoms. The molecule has 2 amide bonds. The first-order valence-corrected chi connectivity index (χ1v) is 7.79. The number of amides is 2. The zero-order chi connectivity index (χ0) is 18.2. The Balaban J connectivity index is 1.93. The van der Waals surface area contributed by atoms with Crippen LogP contribution in [0, 0.1) is 22.7 Å². The van der Waals surface area contributed by atoms with E-state index in [-0.39, 0.29) is 23.9 Å². The van der Waals surface area contributed by atoms with Crippen LogP contribution >= 0.6 is 0 Å². The first-order chi connectivity index (χ1) is 11.9. The molecule has 0 spiro atoms. The summed E-state index contributed by atoms with van der Waals surface area (Å²) in [5, 5.41) is 18.3. The molecule has 25 heavy (non-hydrogen) atoms. The van der Waals surface area contributed by atoms with Crippen molar-refractivity contribution in [2.24, 2.45) is 0 Å². The van der Waals surface area contributed by atoms with Crippen LogP contribution in [0.15, 0.2) is 42.5 Å². The van der Waals surface area contributed by atoms with E-state index in [1.807, 2.05) is 26.0 Å². The molecule has 122 valence electrons. The summed E-state index contributed by atoms with van der Waals surface area (Å²) in [6, 6.07) is 15.8. The molecule has 2 aromatic carbocycles. The number of carbonyl (C=O) groups is 2. The second kappa shape index (κ2) is 5.89. The number of nitriles is 2. The maximum Gasteiger partial charge on any atom is 0.261 e. The van der Waals surface area contributed by atoms with Crippen LogP contribution in [-0.2, 0) is 5.41 Å². The monoisotopic (exact) mass is 329 g/mol. The van der Waals surface area contributed by atoms with Crippen molar-refractivity contribution in [3.8, 4) is 12.1 Å². The van der Waals surface area contributed by atoms with E-state index in [1.165, 1.54) is 4.90 Å². The molecule has 0 saturated heterocycles. The van der Waals surface area contributed by atoms with Gasteiger partial charge in [0.15, 0.2) is 0 Å². The van der Waals surface area contributed by atoms with Crippen LogP contribution in [0.1, 0.15) is 51.3 Å². The molecule has 0 aromatic heterocycles. The molecule has 0 saturated carbocycles. The topological polar surface area (TPSA) is 85.0 Å². The molecule has 0 unspecified atom stereocenters. The standard InChI is InChI=1S/C20H15N3O2/c1-20(2,15-8-7-13(10-21)14(9-15)11-22)12-23-18(24)16-5-3-4-6-17(16)19(23)25/h3-9H,12H2,1-2H3. The Morgan fingerprint density at radius 2 is 1.48 bits per heavy atom. The smallest absolute Gasteiger partial charge is 0.261 e. The second-order valence-corrected chi connectivity index (χ2v) is 6.61. The van der Waals surface area contributed by atoms with Gasteiger partial charge in [0, 0.05) is 12.0 Å². The van der Waals surface area contributed by atoms with Crippen LogP contribution in [0.4, 0.5) is 0 Å². The summed E-state index contributed by atoms with van der Waals surface area (Å²) in [4.78, 5) is 26.3. The Bertz CT molecular complexity index is 942. The summed E-state index contributed by atoms with van der Waals surface area (Å²) >= 11 is 0. The minimum atomic E-state index is -0.563. The zero-order valence-corrected chi connectivity index (χ0v) is 13.9. The van der Waals surface area contributed by atoms with E-state index < -0.39 is 5.41 Å². The predicted octanol–water partition coefficient (Wildman–Crippen LogP) is 3.00. The second-order valence-electron chi connectivity index (χ2n) is 6.61. The van der Waals surface area contributed by atoms with E-state index in [1.54, 1.807) is 42.5 Å². The number of nitrogens with zero attached hydrogens (tertiary/aromatic N) is 3. The predicted molar refractivity (Wildman–Crippen MR) is 90.7 cm³/mol. The van der Waals surface area contributed by atoms with Crippen molar-refractivity contribution in [3.63, 3.8) is 0 Å². The summed E-state index contributed by atoms with van der Waals surface area (Å²) in [5.41, 5.74) is 1.66. The lowest BCUT2D eigenvalue weighted by atomic mass is 9.82. The van der Waals surface area contributed by atoms with Crippen molar-refractivity contribution in [3.05, 3.63) is 70.3 Å². The van der Waals surface area contributed by atoms with Gasteiger partial charge in [0.05, 0.1) is 22.3 Å². The van der Waals surface area contributed by atoms with Gasteiger partial charge in [-0.05, 0) is 29.8 Å². The highest BCUT2D eigenvalue weighted by molar-refractivity contribution is 6.21. The summed E-state index contributed by atoms with van der Waals surface area (Å²) in [7, 11) is 0. The molecule has 0 aliphatic carbocycles. The third kappa shape index (κ3) is 2.66. The van der Waals surface area contributed by atoms with Crippen molar-refractivity contribution in [2.75, 3.05) is 6.54 Å². The van der Waals surface area contributed by atoms with Crippen LogP contribution in [0.5, 0.6) is 0 Å². The first kappa shape index (κ1) is 16.4. The lowest BCUT2D eigenvalue weighted by Gasteiger charge is -2.30. The van der Waals surface area contributed by atoms with E-state index in [4.69, 9.17) is 5.26 Å². The van der Waals surface area contributed by atoms with Crippen molar-refractivity contribution >= 4 is 11.8 Å². The Morgan fingerprint density at radius 3 is 2.00 bits per heavy atom. The van der Waals surface area contributed by atoms with Crippen molar-refractivity contribution in [1.29, 1.82) is 10.5 Å². The van der Waals surface area contributed by atoms with Gasteiger partial charge in [-0.15, -0.1) is 0 Å². The van der Waals surface area contributed by atoms with E-state index >= 15 is 0 Å². The fraction of sp³-hybridized carbons (Fsp3) is 0.200. The largest absolute Gasteiger partial charge is 0.273 e. The van der Waals surface area contributed by atoms with Gasteiger partial charge in [-0.2, -0.15) is 10.5 Å². The molecule has 3 rings (SSSR count). The summed E-state index contributed by atoms with van der Waals surface area (Å²) < 4.78 is 0. The average molecular weight is 329 g/mol. The number of fused-ring (bicyclic) bond motifs is 1. The van der Waals surface area contributed by atoms with Crippen molar-refractivity contribution < 1.29 is 9.59 Å². The number of carbonyl (C=O) groups excluding carboxylic acids is 2. The van der Waals surface area contributed by atoms with Gasteiger partial charge >= 0.3 is 0 Å². The quantitative estimate of drug-likeness (QED) is 0.810. The van der Waals surface area contributed by atoms with Crippen molar-refractivity contribution in [1.82, 2.24) is 4.90 Å². The fourth-order valence-electron chi connectivity index (χ4n) is 3.02. The fourth-order valence-corrected chi connectivity index (χ4v) is 3.02. The Hall–Kier alpha value is -3.44. The number of imide groups is 1. The van der Waals surface area contributed by atoms with Gasteiger partial charge in [-0.25, -0.2) is 0 Å². The minimum Gasteiger partial charge on any atom is -0.273 e. The molecule has 2 aromatic rings. The van der Waals surface area contributed by atoms with E-state index in [2.05, 4.69) is 0 Å². The highest BCUT2D eigenvalue weighted by Crippen LogP contribution is 2.30. The van der Waals surface area contributed by atoms with E-state index in [0.717, 1.165) is 5.56 Å². The third-order valence-corrected chi connectivity index (χ3v) is 4.47. The van der Waals surface area contributed by atoms with Crippen LogP contribution < -0.4 is 0 Å². The summed E-state index contributed by atoms with van der Waals surface area (Å²) in [6.07, 6.45) is 0. The summed E-state index contributed by atoms with van der Waals surface area (Å²) in [5.74, 6) is -0.606. The average Bonchev–Trinajstić information content (AvgIpc) is 2.86. The Morgan fingerprint density at radius 1 is 0.920 bits per heavy atom. The lowest BCUT2D eigenvalue weighted by molar-refractivity contribution is 0.0623. The normalized spacial score (nSPS) is 13.4. The minimum absolute atomic E-state index is 0.191. The SMILES string of the molecule is CC(C)(CN1C(=O)c2ccccc2C1=O)c1ccc(C#N)c(C#N)c1. The van der Waals surface area contributed by atoms with Gasteiger partial charge in [-0.3, -0.25) is 14.5 Å². The van der Waals surface area contributed by atoms with Crippen LogP contribution in [-0.4, -0.2) is 23.3 Å². The van der Waals surface area contributed by atoms with Crippen molar-refractivity contribution in [2.45, 2.75) is 19.3 Å². The zero-order valence-electron chi connectivity index (χ0n) is 13.9. The number of rotatable bonds is 3. The van der Waals surface area contributed by atoms with E-state index in [0.29, 0.717) is 16.7 Å². The molecule has 1 aliphatic rings. The van der Waals surface area contributed by atoms with E-state index in [9.17, 15) is 14.9 Å². The molecule has 0 N–H and O–H groups in total. The van der Waals surface area contributed by atoms with Gasteiger partial charge in [0.1, 0.15) is 12.1 Å². The molecule has 0 fully saturated rings. The van der Waals surface area contributed by atoms with Gasteiger partial charge < -0.3 is 0 Å². The third-order valence-electron chi connectivity index (χ3n) is 4.47. The first-order valence-electron chi connectivity index (χ1n) is 7.79. The Kier molecular flexibility index (Phi) is 3.87. The number of hydrogen-bond acceptors (Lipinski definition) is 4. The van der Waals surface area contributed by atoms with Crippen LogP contribution in [0.3, 0.4) is 0 Å². The highest BCUT2D eigenvalue weighted by Gasteiger charge is 2.38. The molecule has 1 heterocycles. The van der Waals surface area contributed by atoms with Crippen LogP contribution in [0.2, 0.25) is 0 Å². The molecule has 5 heteroatoms. The molecule has 0 radical (unpaired) electrons. The number of hydrogen-bond donors (Lipinski definition) is 0. The maximum absolute atomic E-state index is 12.5. The van der Waals surface area contributed by atoms with Gasteiger partial charge in [0.2, 0.25) is 0 Å². The number of benzene rings is 2. The van der Waals surface area contributed by atoms with Gasteiger partial charge in [0.25, 0.3) is 11.8 Å². The molecular formula is C20H15N3O2. The molecule has 1 aliphatic heterocycles. The highest BCUT2D eigenvalue weighted by atomic mass is 16.2. The summed E-state index contributed by atoms with van der Waals surface area (Å²) in [6.45, 7) is 3.99. The van der Waals surface area contributed by atoms with Gasteiger partial charge in [-0.1, -0.05) is 32.0 Å².